The largest absolute Gasteiger partial charge is 0.432 e. The summed E-state index contributed by atoms with van der Waals surface area (Å²) in [5.74, 6) is -5.93. The first-order chi connectivity index (χ1) is 20.6. The van der Waals surface area contributed by atoms with Crippen LogP contribution in [0.3, 0.4) is 0 Å². The van der Waals surface area contributed by atoms with Crippen LogP contribution in [0.25, 0.3) is 0 Å². The molecule has 1 saturated heterocycles. The SMILES string of the molecule is C/C=C/CCC1CCC(C2COC(c3ccc(C4CCC(C(F)(F)Oc5cc(F)c(F)c(F)c5)CC4)c(F)c3)OC2)CC1. The lowest BCUT2D eigenvalue weighted by molar-refractivity contribution is -0.222. The highest BCUT2D eigenvalue weighted by Crippen LogP contribution is 2.44. The Morgan fingerprint density at radius 2 is 1.47 bits per heavy atom. The van der Waals surface area contributed by atoms with E-state index in [1.807, 2.05) is 0 Å². The Kier molecular flexibility index (Phi) is 10.4. The summed E-state index contributed by atoms with van der Waals surface area (Å²) >= 11 is 0. The van der Waals surface area contributed by atoms with Crippen molar-refractivity contribution in [2.45, 2.75) is 89.4 Å². The van der Waals surface area contributed by atoms with Crippen molar-refractivity contribution in [3.8, 4) is 5.75 Å². The van der Waals surface area contributed by atoms with Crippen LogP contribution in [0.2, 0.25) is 0 Å². The summed E-state index contributed by atoms with van der Waals surface area (Å²) in [6, 6.07) is 5.67. The van der Waals surface area contributed by atoms with Gasteiger partial charge in [0.1, 0.15) is 11.6 Å². The van der Waals surface area contributed by atoms with Crippen LogP contribution in [-0.4, -0.2) is 19.3 Å². The normalized spacial score (nSPS) is 28.7. The second-order valence-electron chi connectivity index (χ2n) is 12.4. The molecule has 0 aromatic heterocycles. The number of hydrogen-bond acceptors (Lipinski definition) is 3. The molecule has 3 fully saturated rings. The van der Waals surface area contributed by atoms with Crippen molar-refractivity contribution in [2.24, 2.45) is 23.7 Å². The van der Waals surface area contributed by atoms with Crippen LogP contribution in [-0.2, 0) is 9.47 Å². The average molecular weight is 611 g/mol. The van der Waals surface area contributed by atoms with Gasteiger partial charge in [-0.1, -0.05) is 37.1 Å². The van der Waals surface area contributed by atoms with Gasteiger partial charge in [0.2, 0.25) is 0 Å². The molecule has 43 heavy (non-hydrogen) atoms. The predicted octanol–water partition coefficient (Wildman–Crippen LogP) is 10.0. The van der Waals surface area contributed by atoms with Gasteiger partial charge in [0.25, 0.3) is 0 Å². The van der Waals surface area contributed by atoms with E-state index in [-0.39, 0.29) is 18.8 Å². The topological polar surface area (TPSA) is 27.7 Å². The van der Waals surface area contributed by atoms with E-state index in [1.165, 1.54) is 38.2 Å². The van der Waals surface area contributed by atoms with E-state index in [4.69, 9.17) is 9.47 Å². The van der Waals surface area contributed by atoms with Crippen LogP contribution in [0, 0.1) is 46.9 Å². The Balaban J connectivity index is 1.10. The van der Waals surface area contributed by atoms with E-state index >= 15 is 4.39 Å². The predicted molar refractivity (Wildman–Crippen MR) is 151 cm³/mol. The Hall–Kier alpha value is -2.52. The van der Waals surface area contributed by atoms with Gasteiger partial charge in [-0.05, 0) is 87.7 Å². The molecule has 0 N–H and O–H groups in total. The second-order valence-corrected chi connectivity index (χ2v) is 12.4. The molecule has 1 aliphatic heterocycles. The van der Waals surface area contributed by atoms with Crippen LogP contribution in [0.4, 0.5) is 26.3 Å². The summed E-state index contributed by atoms with van der Waals surface area (Å²) < 4.78 is 101. The van der Waals surface area contributed by atoms with Crippen molar-refractivity contribution in [1.29, 1.82) is 0 Å². The van der Waals surface area contributed by atoms with Crippen molar-refractivity contribution in [1.82, 2.24) is 0 Å². The Morgan fingerprint density at radius 3 is 2.07 bits per heavy atom. The van der Waals surface area contributed by atoms with E-state index in [9.17, 15) is 22.0 Å². The molecule has 0 bridgehead atoms. The van der Waals surface area contributed by atoms with Crippen LogP contribution < -0.4 is 4.74 Å². The molecule has 0 amide bonds. The quantitative estimate of drug-likeness (QED) is 0.161. The van der Waals surface area contributed by atoms with E-state index < -0.39 is 47.3 Å². The molecule has 9 heteroatoms. The van der Waals surface area contributed by atoms with Crippen LogP contribution in [0.15, 0.2) is 42.5 Å². The minimum Gasteiger partial charge on any atom is -0.432 e. The Morgan fingerprint density at radius 1 is 0.814 bits per heavy atom. The molecule has 2 aromatic rings. The summed E-state index contributed by atoms with van der Waals surface area (Å²) in [5, 5.41) is 0. The third kappa shape index (κ3) is 7.77. The maximum atomic E-state index is 15.2. The number of benzene rings is 2. The molecule has 3 nitrogen and oxygen atoms in total. The summed E-state index contributed by atoms with van der Waals surface area (Å²) in [6.07, 6.45) is 7.91. The fourth-order valence-corrected chi connectivity index (χ4v) is 7.02. The zero-order valence-corrected chi connectivity index (χ0v) is 24.5. The van der Waals surface area contributed by atoms with Crippen molar-refractivity contribution in [3.63, 3.8) is 0 Å². The van der Waals surface area contributed by atoms with E-state index in [0.717, 1.165) is 12.3 Å². The Bertz CT molecular complexity index is 1220. The molecular formula is C34H40F6O3. The molecule has 0 atom stereocenters. The third-order valence-electron chi connectivity index (χ3n) is 9.61. The van der Waals surface area contributed by atoms with E-state index in [2.05, 4.69) is 23.8 Å². The van der Waals surface area contributed by atoms with Gasteiger partial charge in [0.15, 0.2) is 23.7 Å². The molecule has 236 valence electrons. The van der Waals surface area contributed by atoms with Gasteiger partial charge in [0, 0.05) is 23.6 Å². The number of alkyl halides is 2. The Labute approximate surface area is 249 Å². The fraction of sp³-hybridized carbons (Fsp3) is 0.588. The lowest BCUT2D eigenvalue weighted by Gasteiger charge is -2.38. The first-order valence-electron chi connectivity index (χ1n) is 15.5. The fourth-order valence-electron chi connectivity index (χ4n) is 7.02. The van der Waals surface area contributed by atoms with Gasteiger partial charge in [-0.15, -0.1) is 0 Å². The molecule has 0 unspecified atom stereocenters. The molecule has 2 saturated carbocycles. The van der Waals surface area contributed by atoms with Crippen molar-refractivity contribution >= 4 is 0 Å². The van der Waals surface area contributed by atoms with Crippen molar-refractivity contribution < 1.29 is 40.6 Å². The van der Waals surface area contributed by atoms with E-state index in [1.54, 1.807) is 12.1 Å². The summed E-state index contributed by atoms with van der Waals surface area (Å²) in [6.45, 7) is 3.22. The highest BCUT2D eigenvalue weighted by molar-refractivity contribution is 5.29. The first kappa shape index (κ1) is 31.9. The lowest BCUT2D eigenvalue weighted by atomic mass is 9.75. The van der Waals surface area contributed by atoms with Gasteiger partial charge in [-0.25, -0.2) is 17.6 Å². The van der Waals surface area contributed by atoms with Crippen molar-refractivity contribution in [2.75, 3.05) is 13.2 Å². The van der Waals surface area contributed by atoms with Crippen LogP contribution in [0.5, 0.6) is 5.75 Å². The maximum absolute atomic E-state index is 15.2. The second kappa shape index (κ2) is 14.1. The van der Waals surface area contributed by atoms with Gasteiger partial charge in [-0.3, -0.25) is 0 Å². The molecular weight excluding hydrogens is 570 g/mol. The number of ether oxygens (including phenoxy) is 3. The molecule has 2 aromatic carbocycles. The minimum absolute atomic E-state index is 0.0267. The molecule has 3 aliphatic rings. The maximum Gasteiger partial charge on any atom is 0.400 e. The number of hydrogen-bond donors (Lipinski definition) is 0. The smallest absolute Gasteiger partial charge is 0.400 e. The van der Waals surface area contributed by atoms with E-state index in [0.29, 0.717) is 61.2 Å². The van der Waals surface area contributed by atoms with Crippen LogP contribution >= 0.6 is 0 Å². The number of rotatable bonds is 9. The number of halogens is 6. The van der Waals surface area contributed by atoms with Gasteiger partial charge in [0.05, 0.1) is 19.1 Å². The molecule has 2 aliphatic carbocycles. The lowest BCUT2D eigenvalue weighted by Crippen LogP contribution is -2.37. The molecule has 0 radical (unpaired) electrons. The molecule has 5 rings (SSSR count). The highest BCUT2D eigenvalue weighted by Gasteiger charge is 2.44. The summed E-state index contributed by atoms with van der Waals surface area (Å²) in [4.78, 5) is 0. The standard InChI is InChI=1S/C34H40F6O3/c1-2-3-4-5-21-6-8-22(9-7-21)25-19-41-33(42-20-25)24-12-15-28(29(35)16-24)23-10-13-26(14-11-23)34(39,40)43-27-17-30(36)32(38)31(37)18-27/h2-3,12,15-18,21-23,25-26,33H,4-11,13-14,19-20H2,1H3/b3-2+. The van der Waals surface area contributed by atoms with Crippen molar-refractivity contribution in [3.05, 3.63) is 76.9 Å². The summed E-state index contributed by atoms with van der Waals surface area (Å²) in [5.41, 5.74) is 1.05. The van der Waals surface area contributed by atoms with Gasteiger partial charge < -0.3 is 14.2 Å². The first-order valence-corrected chi connectivity index (χ1v) is 15.5. The molecule has 1 heterocycles. The van der Waals surface area contributed by atoms with Crippen LogP contribution in [0.1, 0.15) is 94.5 Å². The average Bonchev–Trinajstić information content (AvgIpc) is 3.00. The highest BCUT2D eigenvalue weighted by atomic mass is 19.3. The molecule has 0 spiro atoms. The zero-order valence-electron chi connectivity index (χ0n) is 24.5. The summed E-state index contributed by atoms with van der Waals surface area (Å²) in [7, 11) is 0. The third-order valence-corrected chi connectivity index (χ3v) is 9.61. The zero-order chi connectivity index (χ0) is 30.6. The van der Waals surface area contributed by atoms with Gasteiger partial charge >= 0.3 is 6.11 Å². The number of allylic oxidation sites excluding steroid dienone is 2. The monoisotopic (exact) mass is 610 g/mol. The van der Waals surface area contributed by atoms with Gasteiger partial charge in [-0.2, -0.15) is 8.78 Å². The minimum atomic E-state index is -3.72.